The van der Waals surface area contributed by atoms with E-state index < -0.39 is 17.9 Å². The summed E-state index contributed by atoms with van der Waals surface area (Å²) in [6, 6.07) is 5.25. The molecule has 31 heavy (non-hydrogen) atoms. The molecule has 1 aliphatic heterocycles. The fraction of sp³-hybridized carbons (Fsp3) is 0.524. The summed E-state index contributed by atoms with van der Waals surface area (Å²) in [6.07, 6.45) is 3.29. The van der Waals surface area contributed by atoms with Gasteiger partial charge in [-0.1, -0.05) is 6.07 Å². The SMILES string of the molecule is CC(C(=O)Nc1ccc(OCC2CC2)nn1)N1CCC(F)(F)C(c2ccc(=O)[nH]c2)C1. The number of aromatic nitrogens is 3. The standard InChI is InChI=1S/C21H25F2N5O3/c1-13(20(30)25-17-5-7-19(27-26-17)31-12-14-2-3-14)28-9-8-21(22,23)16(11-28)15-4-6-18(29)24-10-15/h4-7,10,13-14,16H,2-3,8-9,11-12H2,1H3,(H,24,29)(H,25,26,30). The highest BCUT2D eigenvalue weighted by Crippen LogP contribution is 2.40. The Bertz CT molecular complexity index is 957. The quantitative estimate of drug-likeness (QED) is 0.696. The van der Waals surface area contributed by atoms with Crippen LogP contribution in [0.5, 0.6) is 5.88 Å². The second kappa shape index (κ2) is 8.70. The second-order valence-corrected chi connectivity index (χ2v) is 8.22. The first kappa shape index (κ1) is 21.4. The number of carbonyl (C=O) groups excluding carboxylic acids is 1. The first-order valence-corrected chi connectivity index (χ1v) is 10.4. The number of likely N-dealkylation sites (tertiary alicyclic amines) is 1. The van der Waals surface area contributed by atoms with Gasteiger partial charge in [-0.05, 0) is 37.3 Å². The number of piperidine rings is 1. The van der Waals surface area contributed by atoms with Gasteiger partial charge in [0.05, 0.1) is 18.6 Å². The smallest absolute Gasteiger partial charge is 0.257 e. The molecule has 1 saturated carbocycles. The number of aromatic amines is 1. The topological polar surface area (TPSA) is 100 Å². The van der Waals surface area contributed by atoms with Crippen LogP contribution in [0, 0.1) is 5.92 Å². The average Bonchev–Trinajstić information content (AvgIpc) is 3.58. The number of amides is 1. The van der Waals surface area contributed by atoms with Crippen LogP contribution in [0.1, 0.15) is 37.7 Å². The average molecular weight is 433 g/mol. The Morgan fingerprint density at radius 3 is 2.77 bits per heavy atom. The summed E-state index contributed by atoms with van der Waals surface area (Å²) in [5.74, 6) is -3.12. The van der Waals surface area contributed by atoms with Crippen molar-refractivity contribution in [2.75, 3.05) is 25.0 Å². The van der Waals surface area contributed by atoms with Crippen LogP contribution in [0.4, 0.5) is 14.6 Å². The molecule has 166 valence electrons. The molecule has 2 aromatic rings. The van der Waals surface area contributed by atoms with Gasteiger partial charge in [0, 0.05) is 37.8 Å². The first-order valence-electron chi connectivity index (χ1n) is 10.4. The van der Waals surface area contributed by atoms with Crippen molar-refractivity contribution in [3.63, 3.8) is 0 Å². The van der Waals surface area contributed by atoms with E-state index in [-0.39, 0.29) is 36.8 Å². The number of ether oxygens (including phenoxy) is 1. The van der Waals surface area contributed by atoms with Crippen molar-refractivity contribution >= 4 is 11.7 Å². The highest BCUT2D eigenvalue weighted by molar-refractivity contribution is 5.93. The molecule has 2 N–H and O–H groups in total. The van der Waals surface area contributed by atoms with E-state index in [9.17, 15) is 18.4 Å². The van der Waals surface area contributed by atoms with E-state index in [1.54, 1.807) is 24.0 Å². The molecular weight excluding hydrogens is 408 g/mol. The minimum Gasteiger partial charge on any atom is -0.476 e. The zero-order chi connectivity index (χ0) is 22.0. The van der Waals surface area contributed by atoms with E-state index in [1.807, 2.05) is 0 Å². The van der Waals surface area contributed by atoms with E-state index >= 15 is 0 Å². The second-order valence-electron chi connectivity index (χ2n) is 8.22. The van der Waals surface area contributed by atoms with Crippen LogP contribution < -0.4 is 15.6 Å². The zero-order valence-corrected chi connectivity index (χ0v) is 17.2. The van der Waals surface area contributed by atoms with Crippen molar-refractivity contribution in [3.8, 4) is 5.88 Å². The molecule has 0 bridgehead atoms. The van der Waals surface area contributed by atoms with Crippen LogP contribution >= 0.6 is 0 Å². The third-order valence-corrected chi connectivity index (χ3v) is 5.85. The molecular formula is C21H25F2N5O3. The Labute approximate surface area is 178 Å². The number of carbonyl (C=O) groups is 1. The number of nitrogens with zero attached hydrogens (tertiary/aromatic N) is 3. The van der Waals surface area contributed by atoms with Crippen LogP contribution in [0.15, 0.2) is 35.3 Å². The number of rotatable bonds is 7. The van der Waals surface area contributed by atoms with Gasteiger partial charge in [-0.3, -0.25) is 14.5 Å². The summed E-state index contributed by atoms with van der Waals surface area (Å²) in [4.78, 5) is 28.1. The molecule has 8 nitrogen and oxygen atoms in total. The third-order valence-electron chi connectivity index (χ3n) is 5.85. The number of hydrogen-bond donors (Lipinski definition) is 2. The van der Waals surface area contributed by atoms with Crippen LogP contribution in [0.3, 0.4) is 0 Å². The van der Waals surface area contributed by atoms with Gasteiger partial charge >= 0.3 is 0 Å². The highest BCUT2D eigenvalue weighted by atomic mass is 19.3. The molecule has 0 radical (unpaired) electrons. The number of alkyl halides is 2. The van der Waals surface area contributed by atoms with Crippen molar-refractivity contribution in [1.29, 1.82) is 0 Å². The van der Waals surface area contributed by atoms with Gasteiger partial charge in [-0.2, -0.15) is 0 Å². The minimum absolute atomic E-state index is 0.00669. The normalized spacial score (nSPS) is 22.0. The molecule has 2 unspecified atom stereocenters. The van der Waals surface area contributed by atoms with E-state index in [1.165, 1.54) is 31.2 Å². The number of halogens is 2. The molecule has 0 spiro atoms. The maximum Gasteiger partial charge on any atom is 0.257 e. The molecule has 1 saturated heterocycles. The summed E-state index contributed by atoms with van der Waals surface area (Å²) in [6.45, 7) is 2.37. The molecule has 10 heteroatoms. The molecule has 1 amide bonds. The molecule has 4 rings (SSSR count). The molecule has 1 aliphatic carbocycles. The van der Waals surface area contributed by atoms with Crippen molar-refractivity contribution < 1.29 is 18.3 Å². The summed E-state index contributed by atoms with van der Waals surface area (Å²) >= 11 is 0. The monoisotopic (exact) mass is 433 g/mol. The Balaban J connectivity index is 1.37. The Morgan fingerprint density at radius 1 is 1.32 bits per heavy atom. The predicted octanol–water partition coefficient (Wildman–Crippen LogP) is 2.41. The van der Waals surface area contributed by atoms with Gasteiger partial charge < -0.3 is 15.0 Å². The number of anilines is 1. The zero-order valence-electron chi connectivity index (χ0n) is 17.2. The van der Waals surface area contributed by atoms with Crippen LogP contribution in [-0.2, 0) is 4.79 Å². The molecule has 2 fully saturated rings. The first-order chi connectivity index (χ1) is 14.8. The Hall–Kier alpha value is -2.88. The van der Waals surface area contributed by atoms with Gasteiger partial charge in [0.2, 0.25) is 17.3 Å². The van der Waals surface area contributed by atoms with Crippen molar-refractivity contribution in [3.05, 3.63) is 46.4 Å². The largest absolute Gasteiger partial charge is 0.476 e. The predicted molar refractivity (Wildman–Crippen MR) is 109 cm³/mol. The van der Waals surface area contributed by atoms with Crippen molar-refractivity contribution in [2.45, 2.75) is 44.1 Å². The van der Waals surface area contributed by atoms with E-state index in [2.05, 4.69) is 20.5 Å². The number of hydrogen-bond acceptors (Lipinski definition) is 6. The number of pyridine rings is 1. The van der Waals surface area contributed by atoms with Crippen LogP contribution in [-0.4, -0.2) is 57.6 Å². The molecule has 3 heterocycles. The maximum absolute atomic E-state index is 14.5. The van der Waals surface area contributed by atoms with E-state index in [0.29, 0.717) is 24.0 Å². The van der Waals surface area contributed by atoms with E-state index in [4.69, 9.17) is 4.74 Å². The third kappa shape index (κ3) is 5.25. The fourth-order valence-corrected chi connectivity index (χ4v) is 3.61. The number of H-pyrrole nitrogens is 1. The van der Waals surface area contributed by atoms with Gasteiger partial charge in [0.15, 0.2) is 5.82 Å². The molecule has 2 aromatic heterocycles. The minimum atomic E-state index is -2.92. The lowest BCUT2D eigenvalue weighted by atomic mass is 9.87. The lowest BCUT2D eigenvalue weighted by Gasteiger charge is -2.40. The van der Waals surface area contributed by atoms with Gasteiger partial charge in [-0.25, -0.2) is 8.78 Å². The molecule has 2 atom stereocenters. The fourth-order valence-electron chi connectivity index (χ4n) is 3.61. The maximum atomic E-state index is 14.5. The van der Waals surface area contributed by atoms with Crippen LogP contribution in [0.2, 0.25) is 0 Å². The van der Waals surface area contributed by atoms with Crippen LogP contribution in [0.25, 0.3) is 0 Å². The lowest BCUT2D eigenvalue weighted by Crippen LogP contribution is -2.52. The van der Waals surface area contributed by atoms with Gasteiger partial charge in [0.25, 0.3) is 5.92 Å². The lowest BCUT2D eigenvalue weighted by molar-refractivity contribution is -0.125. The Kier molecular flexibility index (Phi) is 5.99. The van der Waals surface area contributed by atoms with Gasteiger partial charge in [0.1, 0.15) is 0 Å². The van der Waals surface area contributed by atoms with Gasteiger partial charge in [-0.15, -0.1) is 10.2 Å². The Morgan fingerprint density at radius 2 is 2.13 bits per heavy atom. The summed E-state index contributed by atoms with van der Waals surface area (Å²) in [7, 11) is 0. The highest BCUT2D eigenvalue weighted by Gasteiger charge is 2.46. The number of nitrogens with one attached hydrogen (secondary N) is 2. The molecule has 0 aromatic carbocycles. The van der Waals surface area contributed by atoms with Crippen molar-refractivity contribution in [2.24, 2.45) is 5.92 Å². The molecule has 2 aliphatic rings. The summed E-state index contributed by atoms with van der Waals surface area (Å²) < 4.78 is 34.6. The summed E-state index contributed by atoms with van der Waals surface area (Å²) in [5.41, 5.74) is -0.00731. The van der Waals surface area contributed by atoms with E-state index in [0.717, 1.165) is 0 Å². The summed E-state index contributed by atoms with van der Waals surface area (Å²) in [5, 5.41) is 10.6. The van der Waals surface area contributed by atoms with Crippen molar-refractivity contribution in [1.82, 2.24) is 20.1 Å².